The third-order valence-electron chi connectivity index (χ3n) is 6.26. The monoisotopic (exact) mass is 340 g/mol. The number of aromatic nitrogens is 3. The molecular weight excluding hydrogens is 316 g/mol. The minimum atomic E-state index is 0.115. The van der Waals surface area contributed by atoms with Crippen LogP contribution in [-0.2, 0) is 4.74 Å². The summed E-state index contributed by atoms with van der Waals surface area (Å²) in [5.74, 6) is 1.55. The number of ether oxygens (including phenoxy) is 1. The molecule has 0 spiro atoms. The number of nitrogens with zero attached hydrogens (tertiary/aromatic N) is 4. The van der Waals surface area contributed by atoms with Gasteiger partial charge in [0.15, 0.2) is 5.65 Å². The van der Waals surface area contributed by atoms with Crippen molar-refractivity contribution < 1.29 is 9.53 Å². The molecule has 0 bridgehead atoms. The van der Waals surface area contributed by atoms with Crippen LogP contribution in [0, 0.1) is 11.8 Å². The number of amides is 1. The minimum absolute atomic E-state index is 0.115. The third kappa shape index (κ3) is 2.63. The predicted octanol–water partition coefficient (Wildman–Crippen LogP) is 2.65. The van der Waals surface area contributed by atoms with E-state index in [1.54, 1.807) is 6.20 Å². The van der Waals surface area contributed by atoms with Crippen molar-refractivity contribution in [3.05, 3.63) is 24.2 Å². The number of hydrogen-bond acceptors (Lipinski definition) is 4. The first-order valence-electron chi connectivity index (χ1n) is 9.49. The number of pyridine rings is 1. The maximum absolute atomic E-state index is 12.9. The molecule has 2 aromatic rings. The van der Waals surface area contributed by atoms with E-state index in [1.165, 1.54) is 19.3 Å². The molecule has 1 aliphatic carbocycles. The van der Waals surface area contributed by atoms with Crippen molar-refractivity contribution in [3.63, 3.8) is 0 Å². The molecule has 1 saturated carbocycles. The Kier molecular flexibility index (Phi) is 3.73. The van der Waals surface area contributed by atoms with Crippen molar-refractivity contribution >= 4 is 17.1 Å². The fourth-order valence-electron chi connectivity index (χ4n) is 4.85. The summed E-state index contributed by atoms with van der Waals surface area (Å²) in [6, 6.07) is 2.31. The second-order valence-electron chi connectivity index (χ2n) is 7.72. The van der Waals surface area contributed by atoms with E-state index >= 15 is 0 Å². The summed E-state index contributed by atoms with van der Waals surface area (Å²) in [5, 5.41) is 0. The Balaban J connectivity index is 1.38. The highest BCUT2D eigenvalue weighted by atomic mass is 16.5. The first kappa shape index (κ1) is 15.3. The highest BCUT2D eigenvalue weighted by molar-refractivity contribution is 5.96. The van der Waals surface area contributed by atoms with Gasteiger partial charge >= 0.3 is 0 Å². The molecule has 2 aliphatic heterocycles. The van der Waals surface area contributed by atoms with Gasteiger partial charge in [-0.2, -0.15) is 0 Å². The number of imidazole rings is 1. The number of fused-ring (bicyclic) bond motifs is 2. The fraction of sp³-hybridized carbons (Fsp3) is 0.632. The topological polar surface area (TPSA) is 60.3 Å². The summed E-state index contributed by atoms with van der Waals surface area (Å²) in [6.45, 7) is 3.41. The maximum Gasteiger partial charge on any atom is 0.255 e. The van der Waals surface area contributed by atoms with Gasteiger partial charge in [0.2, 0.25) is 0 Å². The summed E-state index contributed by atoms with van der Waals surface area (Å²) in [4.78, 5) is 24.0. The molecule has 2 atom stereocenters. The number of likely N-dealkylation sites (tertiary alicyclic amines) is 1. The van der Waals surface area contributed by atoms with E-state index in [9.17, 15) is 4.79 Å². The highest BCUT2D eigenvalue weighted by Crippen LogP contribution is 2.38. The van der Waals surface area contributed by atoms with E-state index < -0.39 is 0 Å². The molecule has 25 heavy (non-hydrogen) atoms. The Morgan fingerprint density at radius 2 is 1.84 bits per heavy atom. The minimum Gasteiger partial charge on any atom is -0.381 e. The zero-order valence-corrected chi connectivity index (χ0v) is 14.4. The lowest BCUT2D eigenvalue weighted by molar-refractivity contribution is 0.0704. The Bertz CT molecular complexity index is 784. The molecule has 3 fully saturated rings. The molecule has 0 N–H and O–H groups in total. The van der Waals surface area contributed by atoms with Crippen molar-refractivity contribution in [2.75, 3.05) is 26.3 Å². The number of carbonyl (C=O) groups is 1. The van der Waals surface area contributed by atoms with Gasteiger partial charge in [-0.15, -0.1) is 0 Å². The molecule has 132 valence electrons. The van der Waals surface area contributed by atoms with Crippen molar-refractivity contribution in [1.29, 1.82) is 0 Å². The molecule has 3 aliphatic rings. The van der Waals surface area contributed by atoms with Gasteiger partial charge in [-0.1, -0.05) is 6.42 Å². The molecule has 1 amide bonds. The van der Waals surface area contributed by atoms with E-state index in [4.69, 9.17) is 4.74 Å². The Morgan fingerprint density at radius 3 is 2.60 bits per heavy atom. The van der Waals surface area contributed by atoms with E-state index in [0.717, 1.165) is 50.3 Å². The highest BCUT2D eigenvalue weighted by Gasteiger charge is 2.38. The van der Waals surface area contributed by atoms with E-state index in [2.05, 4.69) is 14.5 Å². The first-order valence-corrected chi connectivity index (χ1v) is 9.49. The van der Waals surface area contributed by atoms with Crippen molar-refractivity contribution in [1.82, 2.24) is 19.4 Å². The second-order valence-corrected chi connectivity index (χ2v) is 7.72. The van der Waals surface area contributed by atoms with Crippen LogP contribution in [0.1, 0.15) is 48.5 Å². The van der Waals surface area contributed by atoms with Crippen LogP contribution in [0.25, 0.3) is 11.2 Å². The van der Waals surface area contributed by atoms with Gasteiger partial charge in [0.1, 0.15) is 5.52 Å². The van der Waals surface area contributed by atoms with E-state index in [-0.39, 0.29) is 5.91 Å². The summed E-state index contributed by atoms with van der Waals surface area (Å²) >= 11 is 0. The van der Waals surface area contributed by atoms with Gasteiger partial charge in [-0.25, -0.2) is 9.97 Å². The van der Waals surface area contributed by atoms with Crippen LogP contribution in [-0.4, -0.2) is 51.6 Å². The lowest BCUT2D eigenvalue weighted by atomic mass is 10.0. The van der Waals surface area contributed by atoms with Gasteiger partial charge in [0.25, 0.3) is 5.91 Å². The van der Waals surface area contributed by atoms with Crippen LogP contribution in [0.3, 0.4) is 0 Å². The molecule has 0 unspecified atom stereocenters. The number of hydrogen-bond donors (Lipinski definition) is 0. The molecule has 6 nitrogen and oxygen atoms in total. The average Bonchev–Trinajstić information content (AvgIpc) is 3.35. The van der Waals surface area contributed by atoms with Crippen molar-refractivity contribution in [2.24, 2.45) is 11.8 Å². The Morgan fingerprint density at radius 1 is 1.08 bits per heavy atom. The standard InChI is InChI=1S/C19H24N4O2/c24-19(22-10-13-2-1-3-14(13)11-22)15-8-17-18(20-9-15)23(12-21-17)16-4-6-25-7-5-16/h8-9,12-14,16H,1-7,10-11H2/t13-,14+. The smallest absolute Gasteiger partial charge is 0.255 e. The van der Waals surface area contributed by atoms with Crippen molar-refractivity contribution in [3.8, 4) is 0 Å². The van der Waals surface area contributed by atoms with Gasteiger partial charge in [0.05, 0.1) is 11.9 Å². The molecule has 2 saturated heterocycles. The fourth-order valence-corrected chi connectivity index (χ4v) is 4.85. The molecule has 4 heterocycles. The van der Waals surface area contributed by atoms with Crippen LogP contribution in [0.5, 0.6) is 0 Å². The Labute approximate surface area is 147 Å². The Hall–Kier alpha value is -1.95. The molecule has 2 aromatic heterocycles. The van der Waals surface area contributed by atoms with Crippen LogP contribution in [0.2, 0.25) is 0 Å². The van der Waals surface area contributed by atoms with E-state index in [1.807, 2.05) is 17.3 Å². The average molecular weight is 340 g/mol. The normalized spacial score (nSPS) is 27.1. The van der Waals surface area contributed by atoms with Crippen molar-refractivity contribution in [2.45, 2.75) is 38.1 Å². The molecule has 6 heteroatoms. The zero-order chi connectivity index (χ0) is 16.8. The SMILES string of the molecule is O=C(c1cnc2c(c1)ncn2C1CCOCC1)N1C[C@H]2CCC[C@H]2C1. The quantitative estimate of drug-likeness (QED) is 0.843. The van der Waals surface area contributed by atoms with Crippen LogP contribution in [0.4, 0.5) is 0 Å². The molecule has 5 rings (SSSR count). The van der Waals surface area contributed by atoms with Gasteiger partial charge in [-0.05, 0) is 43.6 Å². The van der Waals surface area contributed by atoms with Gasteiger partial charge in [0, 0.05) is 38.5 Å². The summed E-state index contributed by atoms with van der Waals surface area (Å²) < 4.78 is 7.59. The summed E-state index contributed by atoms with van der Waals surface area (Å²) in [6.07, 6.45) is 9.46. The molecule has 0 aromatic carbocycles. The summed E-state index contributed by atoms with van der Waals surface area (Å²) in [7, 11) is 0. The second kappa shape index (κ2) is 6.09. The molecular formula is C19H24N4O2. The van der Waals surface area contributed by atoms with Gasteiger partial charge < -0.3 is 14.2 Å². The maximum atomic E-state index is 12.9. The zero-order valence-electron chi connectivity index (χ0n) is 14.4. The van der Waals surface area contributed by atoms with E-state index in [0.29, 0.717) is 23.4 Å². The largest absolute Gasteiger partial charge is 0.381 e. The number of carbonyl (C=O) groups excluding carboxylic acids is 1. The molecule has 0 radical (unpaired) electrons. The van der Waals surface area contributed by atoms with Crippen LogP contribution in [0.15, 0.2) is 18.6 Å². The number of rotatable bonds is 2. The van der Waals surface area contributed by atoms with Crippen LogP contribution < -0.4 is 0 Å². The lowest BCUT2D eigenvalue weighted by Crippen LogP contribution is -2.29. The van der Waals surface area contributed by atoms with Crippen LogP contribution >= 0.6 is 0 Å². The lowest BCUT2D eigenvalue weighted by Gasteiger charge is -2.23. The van der Waals surface area contributed by atoms with Gasteiger partial charge in [-0.3, -0.25) is 4.79 Å². The first-order chi connectivity index (χ1) is 12.3. The predicted molar refractivity (Wildman–Crippen MR) is 93.4 cm³/mol. The summed E-state index contributed by atoms with van der Waals surface area (Å²) in [5.41, 5.74) is 2.36. The third-order valence-corrected chi connectivity index (χ3v) is 6.26.